The molecule has 3 aromatic rings. The fourth-order valence-corrected chi connectivity index (χ4v) is 4.33. The molecule has 1 atom stereocenters. The third-order valence-electron chi connectivity index (χ3n) is 6.23. The van der Waals surface area contributed by atoms with Crippen LogP contribution in [0.5, 0.6) is 5.75 Å². The Bertz CT molecular complexity index is 1250. The number of aromatic nitrogens is 1. The first-order valence-corrected chi connectivity index (χ1v) is 12.7. The van der Waals surface area contributed by atoms with Crippen molar-refractivity contribution in [3.8, 4) is 17.0 Å². The summed E-state index contributed by atoms with van der Waals surface area (Å²) >= 11 is 0. The van der Waals surface area contributed by atoms with Crippen LogP contribution in [-0.2, 0) is 4.79 Å². The van der Waals surface area contributed by atoms with Crippen LogP contribution in [0.3, 0.4) is 0 Å². The Hall–Kier alpha value is -3.93. The lowest BCUT2D eigenvalue weighted by molar-refractivity contribution is -0.109. The molecule has 2 aromatic carbocycles. The molecule has 4 rings (SSSR count). The Morgan fingerprint density at radius 2 is 1.97 bits per heavy atom. The Kier molecular flexibility index (Phi) is 8.50. The Labute approximate surface area is 213 Å². The van der Waals surface area contributed by atoms with Gasteiger partial charge in [-0.1, -0.05) is 63.4 Å². The SMILES string of the molecule is CCCCCOc1ccccc1Nc1nc(-c2cccc(C(=N)CCC)c2)cc2c1C(C=O)NC=C2. The predicted octanol–water partition coefficient (Wildman–Crippen LogP) is 7.04. The first kappa shape index (κ1) is 25.2. The number of fused-ring (bicyclic) bond motifs is 1. The van der Waals surface area contributed by atoms with Gasteiger partial charge in [-0.15, -0.1) is 0 Å². The van der Waals surface area contributed by atoms with Crippen LogP contribution in [0.25, 0.3) is 17.3 Å². The van der Waals surface area contributed by atoms with Crippen LogP contribution in [0, 0.1) is 5.41 Å². The maximum atomic E-state index is 11.9. The summed E-state index contributed by atoms with van der Waals surface area (Å²) in [6.07, 6.45) is 9.58. The molecule has 36 heavy (non-hydrogen) atoms. The summed E-state index contributed by atoms with van der Waals surface area (Å²) in [5.41, 5.74) is 5.75. The summed E-state index contributed by atoms with van der Waals surface area (Å²) in [5.74, 6) is 1.36. The third-order valence-corrected chi connectivity index (χ3v) is 6.23. The first-order valence-electron chi connectivity index (χ1n) is 12.7. The van der Waals surface area contributed by atoms with Crippen molar-refractivity contribution in [3.63, 3.8) is 0 Å². The molecular weight excluding hydrogens is 448 g/mol. The number of aldehydes is 1. The van der Waals surface area contributed by atoms with Gasteiger partial charge in [-0.2, -0.15) is 0 Å². The lowest BCUT2D eigenvalue weighted by Gasteiger charge is -2.24. The highest BCUT2D eigenvalue weighted by atomic mass is 16.5. The highest BCUT2D eigenvalue weighted by Crippen LogP contribution is 2.36. The Morgan fingerprint density at radius 3 is 2.78 bits per heavy atom. The monoisotopic (exact) mass is 482 g/mol. The second kappa shape index (κ2) is 12.2. The van der Waals surface area contributed by atoms with E-state index in [4.69, 9.17) is 15.1 Å². The number of anilines is 2. The van der Waals surface area contributed by atoms with Gasteiger partial charge in [-0.05, 0) is 60.5 Å². The van der Waals surface area contributed by atoms with E-state index in [0.29, 0.717) is 18.1 Å². The minimum absolute atomic E-state index is 0.504. The fraction of sp³-hybridized carbons (Fsp3) is 0.300. The van der Waals surface area contributed by atoms with Crippen LogP contribution >= 0.6 is 0 Å². The lowest BCUT2D eigenvalue weighted by atomic mass is 9.96. The minimum Gasteiger partial charge on any atom is -0.491 e. The van der Waals surface area contributed by atoms with Crippen molar-refractivity contribution in [1.82, 2.24) is 10.3 Å². The molecule has 6 nitrogen and oxygen atoms in total. The van der Waals surface area contributed by atoms with Crippen LogP contribution in [-0.4, -0.2) is 23.6 Å². The molecule has 1 aromatic heterocycles. The number of carbonyl (C=O) groups excluding carboxylic acids is 1. The second-order valence-corrected chi connectivity index (χ2v) is 8.96. The molecule has 1 unspecified atom stereocenters. The molecule has 0 spiro atoms. The molecule has 1 aliphatic rings. The van der Waals surface area contributed by atoms with E-state index in [1.165, 1.54) is 0 Å². The van der Waals surface area contributed by atoms with Crippen LogP contribution in [0.15, 0.2) is 60.8 Å². The molecule has 0 saturated heterocycles. The van der Waals surface area contributed by atoms with Gasteiger partial charge in [0.05, 0.1) is 18.0 Å². The van der Waals surface area contributed by atoms with Gasteiger partial charge in [0.2, 0.25) is 0 Å². The van der Waals surface area contributed by atoms with E-state index in [0.717, 1.165) is 77.8 Å². The highest BCUT2D eigenvalue weighted by molar-refractivity contribution is 5.99. The Morgan fingerprint density at radius 1 is 1.11 bits per heavy atom. The summed E-state index contributed by atoms with van der Waals surface area (Å²) in [5, 5.41) is 15.0. The van der Waals surface area contributed by atoms with E-state index in [2.05, 4.69) is 24.5 Å². The molecule has 2 heterocycles. The van der Waals surface area contributed by atoms with Crippen LogP contribution in [0.2, 0.25) is 0 Å². The number of rotatable bonds is 12. The number of para-hydroxylation sites is 2. The van der Waals surface area contributed by atoms with Gasteiger partial charge in [0, 0.05) is 16.8 Å². The van der Waals surface area contributed by atoms with Crippen LogP contribution < -0.4 is 15.4 Å². The largest absolute Gasteiger partial charge is 0.491 e. The van der Waals surface area contributed by atoms with Gasteiger partial charge in [0.1, 0.15) is 23.9 Å². The van der Waals surface area contributed by atoms with Crippen molar-refractivity contribution >= 4 is 29.6 Å². The van der Waals surface area contributed by atoms with Crippen molar-refractivity contribution in [2.24, 2.45) is 0 Å². The van der Waals surface area contributed by atoms with Gasteiger partial charge in [0.25, 0.3) is 0 Å². The van der Waals surface area contributed by atoms with Gasteiger partial charge >= 0.3 is 0 Å². The number of carbonyl (C=O) groups is 1. The maximum Gasteiger partial charge on any atom is 0.146 e. The highest BCUT2D eigenvalue weighted by Gasteiger charge is 2.23. The second-order valence-electron chi connectivity index (χ2n) is 8.96. The van der Waals surface area contributed by atoms with Crippen molar-refractivity contribution in [1.29, 1.82) is 5.41 Å². The number of hydrogen-bond acceptors (Lipinski definition) is 6. The number of unbranched alkanes of at least 4 members (excludes halogenated alkanes) is 2. The number of ether oxygens (including phenoxy) is 1. The number of nitrogens with one attached hydrogen (secondary N) is 3. The topological polar surface area (TPSA) is 87.1 Å². The summed E-state index contributed by atoms with van der Waals surface area (Å²) in [7, 11) is 0. The normalized spacial score (nSPS) is 14.0. The summed E-state index contributed by atoms with van der Waals surface area (Å²) in [6.45, 7) is 4.90. The molecule has 0 radical (unpaired) electrons. The molecule has 6 heteroatoms. The van der Waals surface area contributed by atoms with Crippen molar-refractivity contribution in [2.45, 2.75) is 52.0 Å². The van der Waals surface area contributed by atoms with Gasteiger partial charge in [-0.25, -0.2) is 4.98 Å². The van der Waals surface area contributed by atoms with E-state index in [1.54, 1.807) is 6.20 Å². The quantitative estimate of drug-likeness (QED) is 0.146. The molecule has 0 bridgehead atoms. The zero-order chi connectivity index (χ0) is 25.3. The van der Waals surface area contributed by atoms with Crippen molar-refractivity contribution in [2.75, 3.05) is 11.9 Å². The molecule has 0 amide bonds. The number of nitrogens with zero attached hydrogens (tertiary/aromatic N) is 1. The summed E-state index contributed by atoms with van der Waals surface area (Å²) in [4.78, 5) is 16.9. The fourth-order valence-electron chi connectivity index (χ4n) is 4.33. The van der Waals surface area contributed by atoms with Crippen molar-refractivity contribution < 1.29 is 9.53 Å². The van der Waals surface area contributed by atoms with E-state index in [-0.39, 0.29) is 0 Å². The molecule has 0 saturated carbocycles. The lowest BCUT2D eigenvalue weighted by Crippen LogP contribution is -2.23. The maximum absolute atomic E-state index is 11.9. The van der Waals surface area contributed by atoms with Gasteiger partial charge in [-0.3, -0.25) is 0 Å². The van der Waals surface area contributed by atoms with E-state index in [1.807, 2.05) is 60.7 Å². The number of benzene rings is 2. The molecule has 0 aliphatic carbocycles. The van der Waals surface area contributed by atoms with E-state index >= 15 is 0 Å². The average Bonchev–Trinajstić information content (AvgIpc) is 2.91. The Balaban J connectivity index is 1.74. The predicted molar refractivity (Wildman–Crippen MR) is 147 cm³/mol. The average molecular weight is 483 g/mol. The molecule has 186 valence electrons. The van der Waals surface area contributed by atoms with Gasteiger partial charge < -0.3 is 25.6 Å². The smallest absolute Gasteiger partial charge is 0.146 e. The molecule has 1 aliphatic heterocycles. The molecule has 3 N–H and O–H groups in total. The minimum atomic E-state index is -0.504. The zero-order valence-corrected chi connectivity index (χ0v) is 21.0. The summed E-state index contributed by atoms with van der Waals surface area (Å²) < 4.78 is 6.08. The standard InChI is InChI=1S/C30H34N4O2/c1-3-5-8-17-36-28-14-7-6-13-25(28)33-30-29-23(15-16-32-27(29)20-35)19-26(34-30)22-12-9-11-21(18-22)24(31)10-4-2/h6-7,9,11-16,18-20,27,31-32H,3-5,8,10,17H2,1-2H3,(H,33,34). The molecular formula is C30H34N4O2. The van der Waals surface area contributed by atoms with Crippen molar-refractivity contribution in [3.05, 3.63) is 77.5 Å². The van der Waals surface area contributed by atoms with Gasteiger partial charge in [0.15, 0.2) is 0 Å². The van der Waals surface area contributed by atoms with Crippen LogP contribution in [0.1, 0.15) is 68.7 Å². The number of pyridine rings is 1. The first-order chi connectivity index (χ1) is 17.6. The van der Waals surface area contributed by atoms with Crippen LogP contribution in [0.4, 0.5) is 11.5 Å². The zero-order valence-electron chi connectivity index (χ0n) is 21.0. The molecule has 0 fully saturated rings. The number of hydrogen-bond donors (Lipinski definition) is 3. The summed E-state index contributed by atoms with van der Waals surface area (Å²) in [6, 6.07) is 17.3. The van der Waals surface area contributed by atoms with E-state index in [9.17, 15) is 4.79 Å². The third kappa shape index (κ3) is 5.82. The van der Waals surface area contributed by atoms with E-state index < -0.39 is 6.04 Å².